The van der Waals surface area contributed by atoms with Crippen LogP contribution in [0.5, 0.6) is 0 Å². The van der Waals surface area contributed by atoms with Gasteiger partial charge in [0.25, 0.3) is 0 Å². The number of fused-ring (bicyclic) bond motifs is 7. The van der Waals surface area contributed by atoms with Gasteiger partial charge in [0, 0.05) is 0 Å². The average Bonchev–Trinajstić information content (AvgIpc) is 3.76. The van der Waals surface area contributed by atoms with E-state index in [1.54, 1.807) is 24.3 Å². The van der Waals surface area contributed by atoms with Crippen molar-refractivity contribution in [1.82, 2.24) is 0 Å². The Hall–Kier alpha value is -1.85. The quantitative estimate of drug-likeness (QED) is 0.247. The molecule has 1 aromatic carbocycles. The van der Waals surface area contributed by atoms with Crippen LogP contribution >= 0.6 is 0 Å². The van der Waals surface area contributed by atoms with Gasteiger partial charge < -0.3 is 9.47 Å². The molecule has 5 atom stereocenters. The van der Waals surface area contributed by atoms with Gasteiger partial charge in [-0.1, -0.05) is 19.8 Å². The molecule has 11 fully saturated rings. The van der Waals surface area contributed by atoms with Gasteiger partial charge in [0.15, 0.2) is 0 Å². The van der Waals surface area contributed by atoms with E-state index in [2.05, 4.69) is 11.7 Å². The first-order valence-electron chi connectivity index (χ1n) is 12.1. The molecule has 0 bridgehead atoms. The summed E-state index contributed by atoms with van der Waals surface area (Å²) in [6.45, 7) is -0.641. The van der Waals surface area contributed by atoms with Gasteiger partial charge in [0.2, 0.25) is 0 Å². The molecule has 6 nitrogen and oxygen atoms in total. The number of rotatable bonds is 6. The molecule has 0 amide bonds. The first-order valence-corrected chi connectivity index (χ1v) is 18.3. The number of benzene rings is 1. The zero-order chi connectivity index (χ0) is 21.6. The van der Waals surface area contributed by atoms with E-state index in [0.29, 0.717) is 32.5 Å². The number of hydrogen-bond donors (Lipinski definition) is 0. The summed E-state index contributed by atoms with van der Waals surface area (Å²) in [7, 11) is 1.32. The fraction of sp³-hybridized carbons (Fsp3) is 0.640. The molecule has 11 heterocycles. The molecule has 0 radical (unpaired) electrons. The zero-order valence-corrected chi connectivity index (χ0v) is 19.2. The predicted octanol–water partition coefficient (Wildman–Crippen LogP) is 5.03. The Morgan fingerprint density at radius 3 is 1.91 bits per heavy atom. The first-order chi connectivity index (χ1) is 15.3. The van der Waals surface area contributed by atoms with E-state index in [1.165, 1.54) is 36.0 Å². The van der Waals surface area contributed by atoms with E-state index < -0.39 is 12.5 Å². The van der Waals surface area contributed by atoms with E-state index in [9.17, 15) is 14.4 Å². The summed E-state index contributed by atoms with van der Waals surface area (Å²) in [5.74, 6) is -0.417. The summed E-state index contributed by atoms with van der Waals surface area (Å²) >= 11 is 0. The molecular formula is C25H26FeO6. The van der Waals surface area contributed by atoms with Crippen LogP contribution < -0.4 is 0 Å². The third-order valence-corrected chi connectivity index (χ3v) is 60.0. The Bertz CT molecular complexity index is 1610. The van der Waals surface area contributed by atoms with Gasteiger partial charge >= 0.3 is 81.3 Å². The van der Waals surface area contributed by atoms with Crippen molar-refractivity contribution in [3.8, 4) is 0 Å². The van der Waals surface area contributed by atoms with Crippen LogP contribution in [0, 0.1) is 0 Å². The number of esters is 3. The van der Waals surface area contributed by atoms with Gasteiger partial charge in [0.1, 0.15) is 0 Å². The van der Waals surface area contributed by atoms with Crippen molar-refractivity contribution in [1.29, 1.82) is 0 Å². The summed E-state index contributed by atoms with van der Waals surface area (Å²) in [5, 5.41) is 0. The van der Waals surface area contributed by atoms with Crippen LogP contribution in [0.15, 0.2) is 24.3 Å². The van der Waals surface area contributed by atoms with E-state index in [-0.39, 0.29) is 5.97 Å². The molecule has 7 heteroatoms. The van der Waals surface area contributed by atoms with Crippen molar-refractivity contribution in [3.63, 3.8) is 0 Å². The van der Waals surface area contributed by atoms with Gasteiger partial charge in [-0.2, -0.15) is 0 Å². The van der Waals surface area contributed by atoms with Crippen LogP contribution in [0.25, 0.3) is 0 Å². The van der Waals surface area contributed by atoms with Crippen LogP contribution in [0.3, 0.4) is 0 Å². The average molecular weight is 478 g/mol. The van der Waals surface area contributed by atoms with Crippen molar-refractivity contribution in [2.45, 2.75) is 73.5 Å². The van der Waals surface area contributed by atoms with Gasteiger partial charge in [-0.05, 0) is 30.7 Å². The van der Waals surface area contributed by atoms with Gasteiger partial charge in [-0.15, -0.1) is 0 Å². The molecule has 0 saturated carbocycles. The molecule has 11 aliphatic heterocycles. The normalized spacial score (nSPS) is 71.2. The second-order valence-electron chi connectivity index (χ2n) is 14.0. The van der Waals surface area contributed by atoms with E-state index in [1.807, 2.05) is 0 Å². The molecule has 3 spiro atoms. The Labute approximate surface area is 175 Å². The number of carbonyl (C=O) groups excluding carboxylic acids is 3. The number of ether oxygens (including phenoxy) is 3. The molecule has 1 aromatic rings. The van der Waals surface area contributed by atoms with Crippen LogP contribution in [0.2, 0.25) is 42.8 Å². The van der Waals surface area contributed by atoms with E-state index in [0.717, 1.165) is 28.9 Å². The molecule has 11 saturated heterocycles. The molecule has 0 aliphatic carbocycles. The van der Waals surface area contributed by atoms with Crippen molar-refractivity contribution >= 4 is 17.9 Å². The molecule has 12 rings (SSSR count). The zero-order valence-electron chi connectivity index (χ0n) is 18.1. The number of carbonyl (C=O) groups is 3. The Balaban J connectivity index is 0.0000000917. The topological polar surface area (TPSA) is 78.9 Å². The van der Waals surface area contributed by atoms with Gasteiger partial charge in [0.05, 0.1) is 24.8 Å². The molecular weight excluding hydrogens is 452 g/mol. The fourth-order valence-electron chi connectivity index (χ4n) is 18.8. The summed E-state index contributed by atoms with van der Waals surface area (Å²) in [6.07, 6.45) is 3.02. The maximum absolute atomic E-state index is 12.1. The van der Waals surface area contributed by atoms with Crippen LogP contribution in [-0.2, 0) is 25.5 Å². The minimum atomic E-state index is -3.17. The summed E-state index contributed by atoms with van der Waals surface area (Å²) < 4.78 is 16.4. The SMILES string of the molecule is CCCCCOC(=O)c1ccc(C(=O)OC)cc1.O=C1O[C]23[CH]4[CH]5[CH]6[C]12[Fe]54631278[CH]3[CH]1[CH]2[CH]7[CH]38. The minimum absolute atomic E-state index is 0.359. The second kappa shape index (κ2) is 2.09. The summed E-state index contributed by atoms with van der Waals surface area (Å²) in [4.78, 5) is 44.5. The third kappa shape index (κ3) is 0.302. The molecule has 0 aromatic heterocycles. The molecule has 32 heavy (non-hydrogen) atoms. The fourth-order valence-corrected chi connectivity index (χ4v) is 92.4. The number of unbranched alkanes of at least 4 members (excludes halogenated alkanes) is 2. The molecule has 5 unspecified atom stereocenters. The van der Waals surface area contributed by atoms with Crippen molar-refractivity contribution in [3.05, 3.63) is 35.4 Å². The van der Waals surface area contributed by atoms with Crippen molar-refractivity contribution < 1.29 is 35.1 Å². The molecule has 170 valence electrons. The van der Waals surface area contributed by atoms with Crippen LogP contribution in [0.1, 0.15) is 46.9 Å². The van der Waals surface area contributed by atoms with Crippen molar-refractivity contribution in [2.75, 3.05) is 13.7 Å². The first kappa shape index (κ1) is 15.9. The standard InChI is InChI=1S/C14H18O4.C6H3O2.C5H5.Fe/c1-3-4-5-10-18-14(16)12-8-6-11(7-9-12)13(15)17-2;7-6-4-2-1-3-5(4)8-6;1-2-4-5-3-1;/h6-9H,3-5,10H2,1-2H3;1-3H;1-5H;. The predicted molar refractivity (Wildman–Crippen MR) is 109 cm³/mol. The Kier molecular flexibility index (Phi) is 1.04. The van der Waals surface area contributed by atoms with Gasteiger partial charge in [-0.25, -0.2) is 9.59 Å². The monoisotopic (exact) mass is 478 g/mol. The van der Waals surface area contributed by atoms with E-state index in [4.69, 9.17) is 9.47 Å². The second-order valence-corrected chi connectivity index (χ2v) is 37.1. The van der Waals surface area contributed by atoms with Gasteiger partial charge in [-0.3, -0.25) is 0 Å². The molecule has 0 N–H and O–H groups in total. The van der Waals surface area contributed by atoms with Crippen LogP contribution in [-0.4, -0.2) is 36.1 Å². The van der Waals surface area contributed by atoms with Crippen LogP contribution in [0.4, 0.5) is 0 Å². The molecule has 11 aliphatic rings. The Morgan fingerprint density at radius 2 is 1.53 bits per heavy atom. The number of hydrogen-bond acceptors (Lipinski definition) is 6. The number of methoxy groups -OCH3 is 1. The summed E-state index contributed by atoms with van der Waals surface area (Å²) in [5.41, 5.74) is 0.860. The third-order valence-electron chi connectivity index (χ3n) is 17.8. The summed E-state index contributed by atoms with van der Waals surface area (Å²) in [6, 6.07) is 6.23. The van der Waals surface area contributed by atoms with Crippen molar-refractivity contribution in [2.24, 2.45) is 0 Å². The Morgan fingerprint density at radius 1 is 0.938 bits per heavy atom. The van der Waals surface area contributed by atoms with E-state index >= 15 is 0 Å². The maximum atomic E-state index is 12.1.